The number of aromatic nitrogens is 1. The van der Waals surface area contributed by atoms with Gasteiger partial charge in [-0.3, -0.25) is 0 Å². The Balaban J connectivity index is 1.44. The van der Waals surface area contributed by atoms with E-state index in [1.165, 1.54) is 0 Å². The molecule has 136 valence electrons. The first-order chi connectivity index (χ1) is 12.6. The number of sulfonamides is 1. The van der Waals surface area contributed by atoms with Crippen molar-refractivity contribution in [1.82, 2.24) is 9.71 Å². The van der Waals surface area contributed by atoms with Crippen LogP contribution >= 0.6 is 0 Å². The minimum absolute atomic E-state index is 0.0105. The molecular weight excluding hydrogens is 350 g/mol. The van der Waals surface area contributed by atoms with Gasteiger partial charge in [0.15, 0.2) is 5.58 Å². The third-order valence-corrected chi connectivity index (χ3v) is 5.96. The molecule has 0 aliphatic carbocycles. The molecule has 0 amide bonds. The molecule has 6 nitrogen and oxygen atoms in total. The zero-order valence-electron chi connectivity index (χ0n) is 14.3. The molecule has 1 fully saturated rings. The van der Waals surface area contributed by atoms with Crippen molar-refractivity contribution in [3.8, 4) is 0 Å². The minimum Gasteiger partial charge on any atom is -0.423 e. The van der Waals surface area contributed by atoms with Gasteiger partial charge in [-0.25, -0.2) is 13.1 Å². The van der Waals surface area contributed by atoms with Gasteiger partial charge in [-0.05, 0) is 30.5 Å². The number of para-hydroxylation sites is 2. The van der Waals surface area contributed by atoms with Crippen molar-refractivity contribution in [1.29, 1.82) is 0 Å². The molecule has 1 aromatic heterocycles. The van der Waals surface area contributed by atoms with Gasteiger partial charge in [0.05, 0.1) is 5.75 Å². The lowest BCUT2D eigenvalue weighted by Gasteiger charge is -2.23. The summed E-state index contributed by atoms with van der Waals surface area (Å²) >= 11 is 0. The number of oxazole rings is 1. The first-order valence-electron chi connectivity index (χ1n) is 8.74. The molecule has 2 aromatic carbocycles. The molecule has 0 radical (unpaired) electrons. The van der Waals surface area contributed by atoms with Crippen LogP contribution in [0.15, 0.2) is 59.0 Å². The van der Waals surface area contributed by atoms with Crippen LogP contribution in [0.3, 0.4) is 0 Å². The molecule has 1 aliphatic heterocycles. The third kappa shape index (κ3) is 3.73. The van der Waals surface area contributed by atoms with Crippen LogP contribution in [0.4, 0.5) is 6.01 Å². The summed E-state index contributed by atoms with van der Waals surface area (Å²) < 4.78 is 33.3. The smallest absolute Gasteiger partial charge is 0.298 e. The topological polar surface area (TPSA) is 75.4 Å². The Hall–Kier alpha value is -2.38. The van der Waals surface area contributed by atoms with Crippen molar-refractivity contribution in [2.24, 2.45) is 0 Å². The molecule has 7 heteroatoms. The van der Waals surface area contributed by atoms with Crippen LogP contribution in [0, 0.1) is 0 Å². The highest BCUT2D eigenvalue weighted by Gasteiger charge is 2.29. The Morgan fingerprint density at radius 3 is 2.69 bits per heavy atom. The van der Waals surface area contributed by atoms with Gasteiger partial charge < -0.3 is 9.32 Å². The molecule has 1 saturated heterocycles. The summed E-state index contributed by atoms with van der Waals surface area (Å²) in [6, 6.07) is 17.5. The van der Waals surface area contributed by atoms with E-state index in [4.69, 9.17) is 4.42 Å². The predicted octanol–water partition coefficient (Wildman–Crippen LogP) is 2.92. The van der Waals surface area contributed by atoms with Crippen LogP contribution in [0.25, 0.3) is 11.1 Å². The van der Waals surface area contributed by atoms with Crippen molar-refractivity contribution in [3.63, 3.8) is 0 Å². The first-order valence-corrected chi connectivity index (χ1v) is 10.4. The van der Waals surface area contributed by atoms with Gasteiger partial charge in [-0.15, -0.1) is 0 Å². The zero-order chi connectivity index (χ0) is 18.0. The van der Waals surface area contributed by atoms with Crippen molar-refractivity contribution >= 4 is 27.1 Å². The predicted molar refractivity (Wildman–Crippen MR) is 101 cm³/mol. The van der Waals surface area contributed by atoms with E-state index < -0.39 is 10.0 Å². The van der Waals surface area contributed by atoms with Gasteiger partial charge in [-0.1, -0.05) is 42.5 Å². The molecule has 3 aromatic rings. The highest BCUT2D eigenvalue weighted by atomic mass is 32.2. The molecule has 0 saturated carbocycles. The van der Waals surface area contributed by atoms with Crippen molar-refractivity contribution in [2.75, 3.05) is 18.0 Å². The fourth-order valence-electron chi connectivity index (χ4n) is 3.35. The maximum Gasteiger partial charge on any atom is 0.298 e. The largest absolute Gasteiger partial charge is 0.423 e. The first kappa shape index (κ1) is 17.1. The van der Waals surface area contributed by atoms with Crippen molar-refractivity contribution in [3.05, 3.63) is 60.2 Å². The molecular formula is C19H21N3O3S. The number of fused-ring (bicyclic) bond motifs is 1. The standard InChI is InChI=1S/C19H21N3O3S/c23-26(24,14-15-7-2-1-3-8-15)20-13-16-9-6-12-22(16)19-21-17-10-4-5-11-18(17)25-19/h1-5,7-8,10-11,16,20H,6,9,12-14H2. The summed E-state index contributed by atoms with van der Waals surface area (Å²) in [7, 11) is -3.38. The second kappa shape index (κ2) is 7.09. The fourth-order valence-corrected chi connectivity index (χ4v) is 4.53. The molecule has 26 heavy (non-hydrogen) atoms. The third-order valence-electron chi connectivity index (χ3n) is 4.64. The molecule has 1 N–H and O–H groups in total. The Bertz CT molecular complexity index is 952. The summed E-state index contributed by atoms with van der Waals surface area (Å²) in [4.78, 5) is 6.60. The van der Waals surface area contributed by atoms with E-state index in [1.54, 1.807) is 0 Å². The molecule has 4 rings (SSSR count). The summed E-state index contributed by atoms with van der Waals surface area (Å²) in [5, 5.41) is 0. The number of nitrogens with zero attached hydrogens (tertiary/aromatic N) is 2. The second-order valence-electron chi connectivity index (χ2n) is 6.55. The lowest BCUT2D eigenvalue weighted by molar-refractivity contribution is 0.533. The van der Waals surface area contributed by atoms with Gasteiger partial charge >= 0.3 is 0 Å². The van der Waals surface area contributed by atoms with Gasteiger partial charge in [0.2, 0.25) is 10.0 Å². The van der Waals surface area contributed by atoms with E-state index >= 15 is 0 Å². The van der Waals surface area contributed by atoms with Crippen LogP contribution < -0.4 is 9.62 Å². The minimum atomic E-state index is -3.38. The van der Waals surface area contributed by atoms with Gasteiger partial charge in [-0.2, -0.15) is 4.98 Å². The normalized spacial score (nSPS) is 17.8. The van der Waals surface area contributed by atoms with Gasteiger partial charge in [0, 0.05) is 19.1 Å². The highest BCUT2D eigenvalue weighted by molar-refractivity contribution is 7.88. The SMILES string of the molecule is O=S(=O)(Cc1ccccc1)NCC1CCCN1c1nc2ccccc2o1. The molecule has 1 unspecified atom stereocenters. The van der Waals surface area contributed by atoms with Gasteiger partial charge in [0.1, 0.15) is 5.52 Å². The summed E-state index contributed by atoms with van der Waals surface area (Å²) in [5.74, 6) is -0.0105. The highest BCUT2D eigenvalue weighted by Crippen LogP contribution is 2.28. The lowest BCUT2D eigenvalue weighted by atomic mass is 10.2. The Kier molecular flexibility index (Phi) is 4.65. The van der Waals surface area contributed by atoms with E-state index in [2.05, 4.69) is 14.6 Å². The van der Waals surface area contributed by atoms with Gasteiger partial charge in [0.25, 0.3) is 6.01 Å². The van der Waals surface area contributed by atoms with E-state index in [0.717, 1.165) is 36.0 Å². The van der Waals surface area contributed by atoms with Crippen LogP contribution in [0.1, 0.15) is 18.4 Å². The maximum atomic E-state index is 12.4. The Morgan fingerprint density at radius 1 is 1.12 bits per heavy atom. The monoisotopic (exact) mass is 371 g/mol. The number of nitrogens with one attached hydrogen (secondary N) is 1. The molecule has 0 bridgehead atoms. The molecule has 0 spiro atoms. The summed E-state index contributed by atoms with van der Waals surface area (Å²) in [6.45, 7) is 1.17. The molecule has 1 aliphatic rings. The average Bonchev–Trinajstić information content (AvgIpc) is 3.26. The molecule has 2 heterocycles. The Labute approximate surface area is 152 Å². The second-order valence-corrected chi connectivity index (χ2v) is 8.35. The maximum absolute atomic E-state index is 12.4. The van der Waals surface area contributed by atoms with Crippen molar-refractivity contribution in [2.45, 2.75) is 24.6 Å². The number of anilines is 1. The summed E-state index contributed by atoms with van der Waals surface area (Å²) in [6.07, 6.45) is 1.90. The van der Waals surface area contributed by atoms with E-state index in [9.17, 15) is 8.42 Å². The quantitative estimate of drug-likeness (QED) is 0.721. The van der Waals surface area contributed by atoms with Crippen molar-refractivity contribution < 1.29 is 12.8 Å². The lowest BCUT2D eigenvalue weighted by Crippen LogP contribution is -2.40. The molecule has 1 atom stereocenters. The number of hydrogen-bond acceptors (Lipinski definition) is 5. The number of benzene rings is 2. The summed E-state index contributed by atoms with van der Waals surface area (Å²) in [5.41, 5.74) is 2.35. The fraction of sp³-hybridized carbons (Fsp3) is 0.316. The van der Waals surface area contributed by atoms with E-state index in [-0.39, 0.29) is 11.8 Å². The van der Waals surface area contributed by atoms with E-state index in [1.807, 2.05) is 54.6 Å². The van der Waals surface area contributed by atoms with Crippen LogP contribution in [-0.2, 0) is 15.8 Å². The zero-order valence-corrected chi connectivity index (χ0v) is 15.2. The number of rotatable bonds is 6. The number of hydrogen-bond donors (Lipinski definition) is 1. The van der Waals surface area contributed by atoms with Crippen LogP contribution in [0.5, 0.6) is 0 Å². The van der Waals surface area contributed by atoms with E-state index in [0.29, 0.717) is 12.6 Å². The van der Waals surface area contributed by atoms with Crippen LogP contribution in [0.2, 0.25) is 0 Å². The van der Waals surface area contributed by atoms with Crippen LogP contribution in [-0.4, -0.2) is 32.5 Å². The average molecular weight is 371 g/mol. The Morgan fingerprint density at radius 2 is 1.88 bits per heavy atom.